The Bertz CT molecular complexity index is 859. The summed E-state index contributed by atoms with van der Waals surface area (Å²) >= 11 is 0. The number of aromatic nitrogens is 3. The van der Waals surface area contributed by atoms with Gasteiger partial charge >= 0.3 is 0 Å². The highest BCUT2D eigenvalue weighted by molar-refractivity contribution is 6.01. The molecule has 0 saturated carbocycles. The van der Waals surface area contributed by atoms with Crippen LogP contribution in [0.1, 0.15) is 23.9 Å². The van der Waals surface area contributed by atoms with E-state index in [1.54, 1.807) is 19.9 Å². The molecule has 0 saturated heterocycles. The SMILES string of the molecule is Cc1nc2n(n1)[C@H](C(=O)Nc1cc([N+](=O)[O-])ccc1C)CC(=O)N2. The molecular formula is C14H14N6O4. The van der Waals surface area contributed by atoms with E-state index < -0.39 is 16.9 Å². The second-order valence-electron chi connectivity index (χ2n) is 5.44. The van der Waals surface area contributed by atoms with Gasteiger partial charge in [0.1, 0.15) is 11.9 Å². The van der Waals surface area contributed by atoms with Crippen molar-refractivity contribution in [2.24, 2.45) is 0 Å². The van der Waals surface area contributed by atoms with Crippen molar-refractivity contribution < 1.29 is 14.5 Å². The van der Waals surface area contributed by atoms with E-state index in [9.17, 15) is 19.7 Å². The van der Waals surface area contributed by atoms with Gasteiger partial charge in [-0.05, 0) is 19.4 Å². The van der Waals surface area contributed by atoms with Crippen molar-refractivity contribution in [3.63, 3.8) is 0 Å². The minimum atomic E-state index is -0.867. The van der Waals surface area contributed by atoms with Crippen LogP contribution < -0.4 is 10.6 Å². The Kier molecular flexibility index (Phi) is 3.72. The largest absolute Gasteiger partial charge is 0.324 e. The molecule has 0 bridgehead atoms. The summed E-state index contributed by atoms with van der Waals surface area (Å²) in [4.78, 5) is 38.7. The van der Waals surface area contributed by atoms with Crippen LogP contribution in [0.25, 0.3) is 0 Å². The monoisotopic (exact) mass is 330 g/mol. The van der Waals surface area contributed by atoms with Gasteiger partial charge in [-0.1, -0.05) is 6.07 Å². The number of anilines is 2. The summed E-state index contributed by atoms with van der Waals surface area (Å²) in [6, 6.07) is 3.32. The normalized spacial score (nSPS) is 16.2. The van der Waals surface area contributed by atoms with Gasteiger partial charge in [-0.25, -0.2) is 4.68 Å². The van der Waals surface area contributed by atoms with Crippen LogP contribution in [0.3, 0.4) is 0 Å². The number of non-ortho nitro benzene ring substituents is 1. The summed E-state index contributed by atoms with van der Waals surface area (Å²) in [5.74, 6) is -0.193. The number of hydrogen-bond donors (Lipinski definition) is 2. The van der Waals surface area contributed by atoms with E-state index in [1.807, 2.05) is 0 Å². The van der Waals surface area contributed by atoms with Crippen LogP contribution in [0.4, 0.5) is 17.3 Å². The Morgan fingerprint density at radius 3 is 2.92 bits per heavy atom. The van der Waals surface area contributed by atoms with Gasteiger partial charge in [0.25, 0.3) is 5.69 Å². The fraction of sp³-hybridized carbons (Fsp3) is 0.286. The van der Waals surface area contributed by atoms with Crippen molar-refractivity contribution >= 4 is 29.1 Å². The van der Waals surface area contributed by atoms with Crippen LogP contribution in [-0.2, 0) is 9.59 Å². The number of aryl methyl sites for hydroxylation is 2. The minimum absolute atomic E-state index is 0.0877. The maximum Gasteiger partial charge on any atom is 0.271 e. The fourth-order valence-corrected chi connectivity index (χ4v) is 2.45. The zero-order chi connectivity index (χ0) is 17.4. The lowest BCUT2D eigenvalue weighted by molar-refractivity contribution is -0.384. The number of nitrogens with one attached hydrogen (secondary N) is 2. The van der Waals surface area contributed by atoms with Gasteiger partial charge < -0.3 is 5.32 Å². The molecule has 0 fully saturated rings. The number of nitrogens with zero attached hydrogens (tertiary/aromatic N) is 4. The van der Waals surface area contributed by atoms with Crippen molar-refractivity contribution in [2.45, 2.75) is 26.3 Å². The van der Waals surface area contributed by atoms with Crippen LogP contribution >= 0.6 is 0 Å². The molecule has 2 N–H and O–H groups in total. The first-order valence-electron chi connectivity index (χ1n) is 7.14. The predicted molar refractivity (Wildman–Crippen MR) is 83.5 cm³/mol. The van der Waals surface area contributed by atoms with Crippen LogP contribution in [0.15, 0.2) is 18.2 Å². The molecule has 10 heteroatoms. The van der Waals surface area contributed by atoms with Crippen molar-refractivity contribution in [1.29, 1.82) is 0 Å². The molecule has 1 aliphatic rings. The molecule has 0 unspecified atom stereocenters. The van der Waals surface area contributed by atoms with E-state index >= 15 is 0 Å². The first-order chi connectivity index (χ1) is 11.3. The molecule has 24 heavy (non-hydrogen) atoms. The molecule has 0 aliphatic carbocycles. The van der Waals surface area contributed by atoms with Gasteiger partial charge in [-0.2, -0.15) is 10.1 Å². The lowest BCUT2D eigenvalue weighted by Gasteiger charge is -2.22. The average molecular weight is 330 g/mol. The topological polar surface area (TPSA) is 132 Å². The Hall–Kier alpha value is -3.30. The number of amides is 2. The molecule has 0 spiro atoms. The first kappa shape index (κ1) is 15.6. The second kappa shape index (κ2) is 5.72. The van der Waals surface area contributed by atoms with E-state index in [-0.39, 0.29) is 24.0 Å². The number of rotatable bonds is 3. The summed E-state index contributed by atoms with van der Waals surface area (Å²) < 4.78 is 1.35. The number of nitro groups is 1. The summed E-state index contributed by atoms with van der Waals surface area (Å²) in [5, 5.41) is 20.2. The summed E-state index contributed by atoms with van der Waals surface area (Å²) in [6.45, 7) is 3.37. The molecule has 0 radical (unpaired) electrons. The molecule has 10 nitrogen and oxygen atoms in total. The molecule has 1 atom stereocenters. The Balaban J connectivity index is 1.89. The number of carbonyl (C=O) groups is 2. The van der Waals surface area contributed by atoms with Crippen LogP contribution in [-0.4, -0.2) is 31.5 Å². The fourth-order valence-electron chi connectivity index (χ4n) is 2.45. The van der Waals surface area contributed by atoms with Crippen LogP contribution in [0, 0.1) is 24.0 Å². The molecule has 1 aliphatic heterocycles. The van der Waals surface area contributed by atoms with Crippen molar-refractivity contribution in [3.8, 4) is 0 Å². The second-order valence-corrected chi connectivity index (χ2v) is 5.44. The summed E-state index contributed by atoms with van der Waals surface area (Å²) in [6.07, 6.45) is -0.0877. The molecule has 1 aromatic heterocycles. The molecule has 1 aromatic carbocycles. The van der Waals surface area contributed by atoms with Gasteiger partial charge in [0, 0.05) is 12.1 Å². The highest BCUT2D eigenvalue weighted by atomic mass is 16.6. The quantitative estimate of drug-likeness (QED) is 0.644. The third-order valence-corrected chi connectivity index (χ3v) is 3.65. The van der Waals surface area contributed by atoms with E-state index in [1.165, 1.54) is 16.8 Å². The highest BCUT2D eigenvalue weighted by Gasteiger charge is 2.33. The average Bonchev–Trinajstić information content (AvgIpc) is 2.88. The molecule has 3 rings (SSSR count). The number of fused-ring (bicyclic) bond motifs is 1. The van der Waals surface area contributed by atoms with Crippen LogP contribution in [0.5, 0.6) is 0 Å². The zero-order valence-electron chi connectivity index (χ0n) is 12.9. The predicted octanol–water partition coefficient (Wildman–Crippen LogP) is 1.33. The highest BCUT2D eigenvalue weighted by Crippen LogP contribution is 2.26. The minimum Gasteiger partial charge on any atom is -0.324 e. The molecular weight excluding hydrogens is 316 g/mol. The smallest absolute Gasteiger partial charge is 0.271 e. The molecule has 2 amide bonds. The maximum atomic E-state index is 12.6. The van der Waals surface area contributed by atoms with Gasteiger partial charge in [0.05, 0.1) is 17.0 Å². The van der Waals surface area contributed by atoms with Gasteiger partial charge in [-0.15, -0.1) is 0 Å². The van der Waals surface area contributed by atoms with Crippen molar-refractivity contribution in [3.05, 3.63) is 39.7 Å². The number of hydrogen-bond acceptors (Lipinski definition) is 6. The molecule has 2 aromatic rings. The Labute approximate surface area is 136 Å². The third kappa shape index (κ3) is 2.81. The maximum absolute atomic E-state index is 12.6. The molecule has 124 valence electrons. The van der Waals surface area contributed by atoms with Gasteiger partial charge in [-0.3, -0.25) is 25.0 Å². The number of benzene rings is 1. The number of nitro benzene ring substituents is 1. The molecule has 2 heterocycles. The number of carbonyl (C=O) groups excluding carboxylic acids is 2. The Morgan fingerprint density at radius 1 is 1.46 bits per heavy atom. The van der Waals surface area contributed by atoms with E-state index in [2.05, 4.69) is 20.7 Å². The standard InChI is InChI=1S/C14H14N6O4/c1-7-3-4-9(20(23)24)5-10(7)16-13(22)11-6-12(21)17-14-15-8(2)18-19(11)14/h3-5,11H,6H2,1-2H3,(H,16,22)(H,15,17,18,21)/t11-/m0/s1. The lowest BCUT2D eigenvalue weighted by Crippen LogP contribution is -2.36. The van der Waals surface area contributed by atoms with Crippen molar-refractivity contribution in [2.75, 3.05) is 10.6 Å². The van der Waals surface area contributed by atoms with E-state index in [4.69, 9.17) is 0 Å². The van der Waals surface area contributed by atoms with E-state index in [0.29, 0.717) is 17.1 Å². The van der Waals surface area contributed by atoms with Crippen molar-refractivity contribution in [1.82, 2.24) is 14.8 Å². The van der Waals surface area contributed by atoms with Gasteiger partial charge in [0.2, 0.25) is 17.8 Å². The van der Waals surface area contributed by atoms with Crippen LogP contribution in [0.2, 0.25) is 0 Å². The summed E-state index contributed by atoms with van der Waals surface area (Å²) in [5.41, 5.74) is 0.859. The third-order valence-electron chi connectivity index (χ3n) is 3.65. The first-order valence-corrected chi connectivity index (χ1v) is 7.14. The lowest BCUT2D eigenvalue weighted by atomic mass is 10.1. The summed E-state index contributed by atoms with van der Waals surface area (Å²) in [7, 11) is 0. The van der Waals surface area contributed by atoms with E-state index in [0.717, 1.165) is 0 Å². The Morgan fingerprint density at radius 2 is 2.21 bits per heavy atom. The zero-order valence-corrected chi connectivity index (χ0v) is 12.9. The van der Waals surface area contributed by atoms with Gasteiger partial charge in [0.15, 0.2) is 0 Å².